The van der Waals surface area contributed by atoms with Crippen molar-refractivity contribution in [3.63, 3.8) is 0 Å². The smallest absolute Gasteiger partial charge is 0.287 e. The molecule has 1 aliphatic rings. The molecule has 142 valence electrons. The van der Waals surface area contributed by atoms with Crippen molar-refractivity contribution in [1.29, 1.82) is 0 Å². The maximum atomic E-state index is 10.7. The number of benzene rings is 1. The van der Waals surface area contributed by atoms with Crippen LogP contribution in [0.1, 0.15) is 51.2 Å². The molecule has 2 aromatic rings. The molecule has 0 aliphatic carbocycles. The molecule has 3 rings (SSSR count). The maximum absolute atomic E-state index is 10.7. The first-order valence-electron chi connectivity index (χ1n) is 9.13. The van der Waals surface area contributed by atoms with E-state index in [-0.39, 0.29) is 11.2 Å². The Morgan fingerprint density at radius 3 is 2.81 bits per heavy atom. The second-order valence-electron chi connectivity index (χ2n) is 7.51. The molecule has 7 heteroatoms. The molecule has 1 N–H and O–H groups in total. The lowest BCUT2D eigenvalue weighted by Gasteiger charge is -2.47. The molecule has 0 bridgehead atoms. The Labute approximate surface area is 159 Å². The largest absolute Gasteiger partial charge is 0.366 e. The van der Waals surface area contributed by atoms with Gasteiger partial charge in [0, 0.05) is 23.8 Å². The molecule has 0 fully saturated rings. The van der Waals surface area contributed by atoms with Crippen molar-refractivity contribution in [2.24, 2.45) is 5.10 Å². The molecule has 1 aliphatic heterocycles. The molecule has 1 unspecified atom stereocenters. The molecule has 1 atom stereocenters. The van der Waals surface area contributed by atoms with E-state index in [2.05, 4.69) is 66.3 Å². The fourth-order valence-electron chi connectivity index (χ4n) is 3.92. The van der Waals surface area contributed by atoms with Crippen LogP contribution >= 0.6 is 0 Å². The monoisotopic (exact) mass is 367 g/mol. The van der Waals surface area contributed by atoms with Gasteiger partial charge in [0.25, 0.3) is 5.69 Å². The highest BCUT2D eigenvalue weighted by Gasteiger charge is 2.35. The van der Waals surface area contributed by atoms with Crippen molar-refractivity contribution in [3.05, 3.63) is 57.8 Å². The van der Waals surface area contributed by atoms with Crippen LogP contribution in [0.5, 0.6) is 0 Å². The predicted molar refractivity (Wildman–Crippen MR) is 109 cm³/mol. The second-order valence-corrected chi connectivity index (χ2v) is 7.51. The summed E-state index contributed by atoms with van der Waals surface area (Å²) in [7, 11) is 0. The summed E-state index contributed by atoms with van der Waals surface area (Å²) in [5, 5.41) is 14.9. The number of hydrogen-bond acceptors (Lipinski definition) is 6. The number of hydrogen-bond donors (Lipinski definition) is 1. The molecule has 0 spiro atoms. The summed E-state index contributed by atoms with van der Waals surface area (Å²) in [4.78, 5) is 16.6. The second kappa shape index (κ2) is 7.34. The summed E-state index contributed by atoms with van der Waals surface area (Å²) in [5.74, 6) is 0.942. The molecule has 0 saturated heterocycles. The molecule has 2 heterocycles. The highest BCUT2D eigenvalue weighted by molar-refractivity contribution is 5.82. The molecular formula is C20H25N5O2. The van der Waals surface area contributed by atoms with Crippen LogP contribution in [0.3, 0.4) is 0 Å². The molecule has 1 aromatic heterocycles. The summed E-state index contributed by atoms with van der Waals surface area (Å²) in [6.07, 6.45) is 4.06. The van der Waals surface area contributed by atoms with Crippen LogP contribution in [0.25, 0.3) is 0 Å². The molecule has 27 heavy (non-hydrogen) atoms. The van der Waals surface area contributed by atoms with E-state index in [9.17, 15) is 10.1 Å². The van der Waals surface area contributed by atoms with Gasteiger partial charge in [-0.2, -0.15) is 5.10 Å². The minimum absolute atomic E-state index is 0.0448. The normalized spacial score (nSPS) is 18.4. The first kappa shape index (κ1) is 18.8. The van der Waals surface area contributed by atoms with Gasteiger partial charge in [-0.25, -0.2) is 4.98 Å². The number of nitro groups is 1. The van der Waals surface area contributed by atoms with Gasteiger partial charge in [-0.1, -0.05) is 13.0 Å². The third-order valence-corrected chi connectivity index (χ3v) is 5.08. The van der Waals surface area contributed by atoms with Crippen LogP contribution in [0.4, 0.5) is 17.2 Å². The Balaban J connectivity index is 1.76. The highest BCUT2D eigenvalue weighted by atomic mass is 16.6. The minimum atomic E-state index is -0.477. The van der Waals surface area contributed by atoms with Crippen LogP contribution < -0.4 is 10.3 Å². The number of anilines is 2. The van der Waals surface area contributed by atoms with Gasteiger partial charge in [-0.3, -0.25) is 15.5 Å². The standard InChI is InChI=1S/C20H25N5O2/c1-5-24-18-8-6-15(10-17(18)14(2)11-20(24,3)4)12-22-23-19-9-7-16(13-21-19)25(26)27/h6-10,12-14H,5,11H2,1-4H3,(H,21,23)/b22-12+. The summed E-state index contributed by atoms with van der Waals surface area (Å²) < 4.78 is 0. The predicted octanol–water partition coefficient (Wildman–Crippen LogP) is 4.55. The quantitative estimate of drug-likeness (QED) is 0.476. The third kappa shape index (κ3) is 3.92. The number of nitrogens with zero attached hydrogens (tertiary/aromatic N) is 4. The average Bonchev–Trinajstić information content (AvgIpc) is 2.62. The van der Waals surface area contributed by atoms with Gasteiger partial charge in [-0.15, -0.1) is 0 Å². The van der Waals surface area contributed by atoms with Crippen molar-refractivity contribution in [1.82, 2.24) is 4.98 Å². The van der Waals surface area contributed by atoms with E-state index in [4.69, 9.17) is 0 Å². The van der Waals surface area contributed by atoms with Gasteiger partial charge in [-0.05, 0) is 62.4 Å². The Bertz CT molecular complexity index is 861. The van der Waals surface area contributed by atoms with Crippen LogP contribution in [-0.2, 0) is 0 Å². The molecule has 7 nitrogen and oxygen atoms in total. The van der Waals surface area contributed by atoms with Crippen LogP contribution in [0, 0.1) is 10.1 Å². The third-order valence-electron chi connectivity index (χ3n) is 5.08. The first-order valence-corrected chi connectivity index (χ1v) is 9.13. The Morgan fingerprint density at radius 1 is 1.41 bits per heavy atom. The minimum Gasteiger partial charge on any atom is -0.366 e. The zero-order chi connectivity index (χ0) is 19.6. The number of aromatic nitrogens is 1. The average molecular weight is 367 g/mol. The highest BCUT2D eigenvalue weighted by Crippen LogP contribution is 2.43. The van der Waals surface area contributed by atoms with Crippen molar-refractivity contribution in [3.8, 4) is 0 Å². The number of rotatable bonds is 5. The van der Waals surface area contributed by atoms with Gasteiger partial charge in [0.2, 0.25) is 0 Å². The summed E-state index contributed by atoms with van der Waals surface area (Å²) >= 11 is 0. The molecule has 0 amide bonds. The van der Waals surface area contributed by atoms with Crippen molar-refractivity contribution < 1.29 is 4.92 Å². The SMILES string of the molecule is CCN1c2ccc(/C=N/Nc3ccc([N+](=O)[O-])cn3)cc2C(C)CC1(C)C. The molecule has 0 saturated carbocycles. The molecule has 0 radical (unpaired) electrons. The fourth-order valence-corrected chi connectivity index (χ4v) is 3.92. The van der Waals surface area contributed by atoms with Gasteiger partial charge in [0.15, 0.2) is 0 Å². The van der Waals surface area contributed by atoms with Crippen molar-refractivity contribution >= 4 is 23.4 Å². The maximum Gasteiger partial charge on any atom is 0.287 e. The van der Waals surface area contributed by atoms with Crippen LogP contribution in [-0.4, -0.2) is 28.2 Å². The van der Waals surface area contributed by atoms with Gasteiger partial charge in [0.05, 0.1) is 11.1 Å². The van der Waals surface area contributed by atoms with E-state index in [1.54, 1.807) is 6.21 Å². The van der Waals surface area contributed by atoms with Crippen molar-refractivity contribution in [2.75, 3.05) is 16.9 Å². The summed E-state index contributed by atoms with van der Waals surface area (Å²) in [5.41, 5.74) is 6.56. The van der Waals surface area contributed by atoms with E-state index in [1.807, 2.05) is 0 Å². The van der Waals surface area contributed by atoms with E-state index < -0.39 is 4.92 Å². The molecular weight excluding hydrogens is 342 g/mol. The summed E-state index contributed by atoms with van der Waals surface area (Å²) in [6.45, 7) is 10.0. The van der Waals surface area contributed by atoms with E-state index in [0.717, 1.165) is 18.5 Å². The zero-order valence-corrected chi connectivity index (χ0v) is 16.1. The Hall–Kier alpha value is -2.96. The van der Waals surface area contributed by atoms with E-state index in [0.29, 0.717) is 11.7 Å². The number of hydrazone groups is 1. The lowest BCUT2D eigenvalue weighted by atomic mass is 9.79. The Morgan fingerprint density at radius 2 is 2.19 bits per heavy atom. The summed E-state index contributed by atoms with van der Waals surface area (Å²) in [6, 6.07) is 9.34. The first-order chi connectivity index (χ1) is 12.8. The lowest BCUT2D eigenvalue weighted by molar-refractivity contribution is -0.385. The van der Waals surface area contributed by atoms with Gasteiger partial charge in [0.1, 0.15) is 12.0 Å². The van der Waals surface area contributed by atoms with Crippen molar-refractivity contribution in [2.45, 2.75) is 45.6 Å². The van der Waals surface area contributed by atoms with E-state index >= 15 is 0 Å². The lowest BCUT2D eigenvalue weighted by Crippen LogP contribution is -2.48. The topological polar surface area (TPSA) is 83.7 Å². The van der Waals surface area contributed by atoms with Crippen LogP contribution in [0.2, 0.25) is 0 Å². The number of pyridine rings is 1. The molecule has 1 aromatic carbocycles. The van der Waals surface area contributed by atoms with Crippen LogP contribution in [0.15, 0.2) is 41.6 Å². The van der Waals surface area contributed by atoms with E-state index in [1.165, 1.54) is 29.6 Å². The van der Waals surface area contributed by atoms with Gasteiger partial charge >= 0.3 is 0 Å². The number of fused-ring (bicyclic) bond motifs is 1. The number of nitrogens with one attached hydrogen (secondary N) is 1. The fraction of sp³-hybridized carbons (Fsp3) is 0.400. The Kier molecular flexibility index (Phi) is 5.12. The zero-order valence-electron chi connectivity index (χ0n) is 16.1. The van der Waals surface area contributed by atoms with Gasteiger partial charge < -0.3 is 4.90 Å².